The fourth-order valence-corrected chi connectivity index (χ4v) is 1.96. The molecule has 0 aliphatic carbocycles. The Morgan fingerprint density at radius 2 is 1.76 bits per heavy atom. The standard InChI is InChI=1S/C14H25N3/c1-5-6-7-8-9-11(2)15-14-16-12(3)10-13(4)17-14/h10-11H,5-9H2,1-4H3,(H,15,16,17). The van der Waals surface area contributed by atoms with E-state index in [0.29, 0.717) is 6.04 Å². The van der Waals surface area contributed by atoms with E-state index >= 15 is 0 Å². The van der Waals surface area contributed by atoms with Crippen molar-refractivity contribution in [2.24, 2.45) is 0 Å². The molecule has 3 heteroatoms. The third-order valence-electron chi connectivity index (χ3n) is 2.85. The van der Waals surface area contributed by atoms with E-state index in [1.165, 1.54) is 32.1 Å². The molecule has 0 saturated carbocycles. The Balaban J connectivity index is 2.36. The highest BCUT2D eigenvalue weighted by molar-refractivity contribution is 5.28. The van der Waals surface area contributed by atoms with Crippen LogP contribution >= 0.6 is 0 Å². The van der Waals surface area contributed by atoms with E-state index in [0.717, 1.165) is 17.3 Å². The second kappa shape index (κ2) is 7.25. The van der Waals surface area contributed by atoms with Gasteiger partial charge >= 0.3 is 0 Å². The van der Waals surface area contributed by atoms with Gasteiger partial charge in [-0.25, -0.2) is 9.97 Å². The quantitative estimate of drug-likeness (QED) is 0.729. The number of nitrogens with one attached hydrogen (secondary N) is 1. The van der Waals surface area contributed by atoms with Gasteiger partial charge in [-0.05, 0) is 33.3 Å². The Bertz CT molecular complexity index is 316. The molecule has 0 aliphatic heterocycles. The first-order chi connectivity index (χ1) is 8.11. The average molecular weight is 235 g/mol. The number of anilines is 1. The van der Waals surface area contributed by atoms with Crippen LogP contribution < -0.4 is 5.32 Å². The van der Waals surface area contributed by atoms with E-state index < -0.39 is 0 Å². The average Bonchev–Trinajstić information content (AvgIpc) is 2.23. The smallest absolute Gasteiger partial charge is 0.223 e. The second-order valence-electron chi connectivity index (χ2n) is 4.87. The number of rotatable bonds is 7. The Labute approximate surface area is 105 Å². The van der Waals surface area contributed by atoms with Crippen molar-refractivity contribution < 1.29 is 0 Å². The molecule has 0 saturated heterocycles. The summed E-state index contributed by atoms with van der Waals surface area (Å²) in [6, 6.07) is 2.45. The molecule has 17 heavy (non-hydrogen) atoms. The lowest BCUT2D eigenvalue weighted by molar-refractivity contribution is 0.591. The van der Waals surface area contributed by atoms with Gasteiger partial charge in [0.15, 0.2) is 0 Å². The normalized spacial score (nSPS) is 12.5. The minimum Gasteiger partial charge on any atom is -0.352 e. The van der Waals surface area contributed by atoms with Crippen molar-refractivity contribution in [3.05, 3.63) is 17.5 Å². The first-order valence-corrected chi connectivity index (χ1v) is 6.70. The maximum absolute atomic E-state index is 4.40. The zero-order chi connectivity index (χ0) is 12.7. The molecule has 0 spiro atoms. The number of aromatic nitrogens is 2. The molecule has 0 amide bonds. The van der Waals surface area contributed by atoms with Crippen LogP contribution in [0.2, 0.25) is 0 Å². The molecule has 1 atom stereocenters. The van der Waals surface area contributed by atoms with Crippen molar-refractivity contribution in [3.63, 3.8) is 0 Å². The number of hydrogen-bond donors (Lipinski definition) is 1. The molecule has 1 unspecified atom stereocenters. The zero-order valence-electron chi connectivity index (χ0n) is 11.6. The van der Waals surface area contributed by atoms with Crippen LogP contribution in [0.1, 0.15) is 57.3 Å². The van der Waals surface area contributed by atoms with Gasteiger partial charge in [0.2, 0.25) is 5.95 Å². The predicted octanol–water partition coefficient (Wildman–Crippen LogP) is 3.86. The maximum atomic E-state index is 4.40. The summed E-state index contributed by atoms with van der Waals surface area (Å²) in [5.74, 6) is 0.769. The van der Waals surface area contributed by atoms with Gasteiger partial charge in [0.1, 0.15) is 0 Å². The van der Waals surface area contributed by atoms with Crippen molar-refractivity contribution in [3.8, 4) is 0 Å². The molecule has 0 aliphatic rings. The summed E-state index contributed by atoms with van der Waals surface area (Å²) in [7, 11) is 0. The minimum atomic E-state index is 0.452. The molecule has 1 rings (SSSR count). The first-order valence-electron chi connectivity index (χ1n) is 6.70. The SMILES string of the molecule is CCCCCCC(C)Nc1nc(C)cc(C)n1. The number of hydrogen-bond acceptors (Lipinski definition) is 3. The van der Waals surface area contributed by atoms with Crippen LogP contribution in [-0.2, 0) is 0 Å². The van der Waals surface area contributed by atoms with Crippen molar-refractivity contribution in [1.29, 1.82) is 0 Å². The fourth-order valence-electron chi connectivity index (χ4n) is 1.96. The summed E-state index contributed by atoms with van der Waals surface area (Å²) in [4.78, 5) is 8.79. The monoisotopic (exact) mass is 235 g/mol. The highest BCUT2D eigenvalue weighted by Crippen LogP contribution is 2.10. The van der Waals surface area contributed by atoms with E-state index in [9.17, 15) is 0 Å². The molecule has 96 valence electrons. The third kappa shape index (κ3) is 5.66. The van der Waals surface area contributed by atoms with E-state index in [1.807, 2.05) is 19.9 Å². The Kier molecular flexibility index (Phi) is 5.95. The highest BCUT2D eigenvalue weighted by Gasteiger charge is 2.04. The van der Waals surface area contributed by atoms with E-state index in [-0.39, 0.29) is 0 Å². The molecular weight excluding hydrogens is 210 g/mol. The van der Waals surface area contributed by atoms with Gasteiger partial charge in [0.05, 0.1) is 0 Å². The van der Waals surface area contributed by atoms with E-state index in [1.54, 1.807) is 0 Å². The number of nitrogens with zero attached hydrogens (tertiary/aromatic N) is 2. The minimum absolute atomic E-state index is 0.452. The zero-order valence-corrected chi connectivity index (χ0v) is 11.6. The summed E-state index contributed by atoms with van der Waals surface area (Å²) >= 11 is 0. The van der Waals surface area contributed by atoms with Crippen LogP contribution in [0, 0.1) is 13.8 Å². The largest absolute Gasteiger partial charge is 0.352 e. The van der Waals surface area contributed by atoms with Gasteiger partial charge in [-0.15, -0.1) is 0 Å². The van der Waals surface area contributed by atoms with E-state index in [4.69, 9.17) is 0 Å². The van der Waals surface area contributed by atoms with Gasteiger partial charge < -0.3 is 5.32 Å². The van der Waals surface area contributed by atoms with Crippen LogP contribution in [0.5, 0.6) is 0 Å². The fraction of sp³-hybridized carbons (Fsp3) is 0.714. The van der Waals surface area contributed by atoms with E-state index in [2.05, 4.69) is 29.1 Å². The van der Waals surface area contributed by atoms with Crippen LogP contribution in [0.25, 0.3) is 0 Å². The summed E-state index contributed by atoms with van der Waals surface area (Å²) in [6.07, 6.45) is 6.44. The van der Waals surface area contributed by atoms with Crippen molar-refractivity contribution in [1.82, 2.24) is 9.97 Å². The Hall–Kier alpha value is -1.12. The Morgan fingerprint density at radius 1 is 1.12 bits per heavy atom. The lowest BCUT2D eigenvalue weighted by atomic mass is 10.1. The topological polar surface area (TPSA) is 37.8 Å². The molecule has 1 aromatic heterocycles. The molecule has 0 fully saturated rings. The summed E-state index contributed by atoms with van der Waals surface area (Å²) < 4.78 is 0. The molecule has 1 N–H and O–H groups in total. The second-order valence-corrected chi connectivity index (χ2v) is 4.87. The highest BCUT2D eigenvalue weighted by atomic mass is 15.1. The number of unbranched alkanes of at least 4 members (excludes halogenated alkanes) is 3. The molecule has 0 radical (unpaired) electrons. The molecule has 3 nitrogen and oxygen atoms in total. The lowest BCUT2D eigenvalue weighted by Gasteiger charge is -2.14. The van der Waals surface area contributed by atoms with Gasteiger partial charge in [0.25, 0.3) is 0 Å². The van der Waals surface area contributed by atoms with Crippen molar-refractivity contribution >= 4 is 5.95 Å². The van der Waals surface area contributed by atoms with Gasteiger partial charge in [-0.1, -0.05) is 32.6 Å². The van der Waals surface area contributed by atoms with Gasteiger partial charge in [-0.2, -0.15) is 0 Å². The molecular formula is C14H25N3. The van der Waals surface area contributed by atoms with Crippen LogP contribution in [0.4, 0.5) is 5.95 Å². The maximum Gasteiger partial charge on any atom is 0.223 e. The summed E-state index contributed by atoms with van der Waals surface area (Å²) in [6.45, 7) is 8.45. The van der Waals surface area contributed by atoms with Crippen molar-refractivity contribution in [2.45, 2.75) is 65.8 Å². The third-order valence-corrected chi connectivity index (χ3v) is 2.85. The number of aryl methyl sites for hydroxylation is 2. The first kappa shape index (κ1) is 13.9. The molecule has 0 bridgehead atoms. The summed E-state index contributed by atoms with van der Waals surface area (Å²) in [5.41, 5.74) is 2.05. The van der Waals surface area contributed by atoms with Gasteiger partial charge in [-0.3, -0.25) is 0 Å². The lowest BCUT2D eigenvalue weighted by Crippen LogP contribution is -2.17. The van der Waals surface area contributed by atoms with Crippen LogP contribution in [0.15, 0.2) is 6.07 Å². The van der Waals surface area contributed by atoms with Gasteiger partial charge in [0, 0.05) is 17.4 Å². The van der Waals surface area contributed by atoms with Crippen LogP contribution in [0.3, 0.4) is 0 Å². The Morgan fingerprint density at radius 3 is 2.35 bits per heavy atom. The van der Waals surface area contributed by atoms with Crippen LogP contribution in [-0.4, -0.2) is 16.0 Å². The molecule has 1 aromatic rings. The summed E-state index contributed by atoms with van der Waals surface area (Å²) in [5, 5.41) is 3.38. The predicted molar refractivity (Wildman–Crippen MR) is 73.3 cm³/mol. The van der Waals surface area contributed by atoms with Crippen molar-refractivity contribution in [2.75, 3.05) is 5.32 Å². The molecule has 0 aromatic carbocycles. The molecule has 1 heterocycles.